The number of nitrogens with two attached hydrogens (primary N) is 2. The van der Waals surface area contributed by atoms with E-state index in [2.05, 4.69) is 10.0 Å². The lowest BCUT2D eigenvalue weighted by Crippen LogP contribution is -2.37. The zero-order valence-corrected chi connectivity index (χ0v) is 12.3. The van der Waals surface area contributed by atoms with E-state index in [0.29, 0.717) is 11.1 Å². The molecule has 0 atom stereocenters. The molecule has 1 aromatic rings. The highest BCUT2D eigenvalue weighted by Crippen LogP contribution is 2.07. The second kappa shape index (κ2) is 7.17. The second-order valence-electron chi connectivity index (χ2n) is 4.01. The molecule has 7 nitrogen and oxygen atoms in total. The molecule has 0 saturated heterocycles. The van der Waals surface area contributed by atoms with E-state index in [-0.39, 0.29) is 23.8 Å². The van der Waals surface area contributed by atoms with Crippen LogP contribution >= 0.6 is 12.2 Å². The van der Waals surface area contributed by atoms with Crippen LogP contribution in [0.5, 0.6) is 0 Å². The van der Waals surface area contributed by atoms with Gasteiger partial charge in [-0.15, -0.1) is 0 Å². The Labute approximate surface area is 122 Å². The third kappa shape index (κ3) is 5.95. The number of thiocarbonyl (C=S) groups is 1. The number of rotatable bonds is 7. The van der Waals surface area contributed by atoms with E-state index in [1.807, 2.05) is 0 Å². The van der Waals surface area contributed by atoms with E-state index in [1.165, 1.54) is 0 Å². The minimum atomic E-state index is -3.47. The molecule has 0 aromatic heterocycles. The summed E-state index contributed by atoms with van der Waals surface area (Å²) in [4.78, 5) is 10.7. The largest absolute Gasteiger partial charge is 0.389 e. The fourth-order valence-corrected chi connectivity index (χ4v) is 2.71. The van der Waals surface area contributed by atoms with E-state index >= 15 is 0 Å². The van der Waals surface area contributed by atoms with Gasteiger partial charge in [0.05, 0.1) is 5.75 Å². The molecule has 110 valence electrons. The van der Waals surface area contributed by atoms with Crippen molar-refractivity contribution in [2.75, 3.05) is 13.1 Å². The molecule has 6 N–H and O–H groups in total. The summed E-state index contributed by atoms with van der Waals surface area (Å²) in [5, 5.41) is 2.29. The maximum atomic E-state index is 11.8. The average Bonchev–Trinajstić information content (AvgIpc) is 2.34. The van der Waals surface area contributed by atoms with Gasteiger partial charge in [-0.1, -0.05) is 36.5 Å². The first-order valence-corrected chi connectivity index (χ1v) is 7.75. The van der Waals surface area contributed by atoms with Crippen LogP contribution < -0.4 is 21.5 Å². The number of sulfonamides is 1. The number of hydrogen-bond acceptors (Lipinski definition) is 4. The van der Waals surface area contributed by atoms with E-state index in [4.69, 9.17) is 23.7 Å². The summed E-state index contributed by atoms with van der Waals surface area (Å²) < 4.78 is 25.9. The highest BCUT2D eigenvalue weighted by molar-refractivity contribution is 7.88. The number of nitrogens with one attached hydrogen (secondary N) is 2. The van der Waals surface area contributed by atoms with Gasteiger partial charge < -0.3 is 16.8 Å². The SMILES string of the molecule is NC(=O)NCCNS(=O)(=O)Cc1ccc(C(N)=S)cc1. The second-order valence-corrected chi connectivity index (χ2v) is 6.25. The Kier molecular flexibility index (Phi) is 5.86. The number of amides is 2. The van der Waals surface area contributed by atoms with Crippen molar-refractivity contribution in [3.8, 4) is 0 Å². The van der Waals surface area contributed by atoms with E-state index in [9.17, 15) is 13.2 Å². The predicted octanol–water partition coefficient (Wildman–Crippen LogP) is -0.591. The molecule has 1 rings (SSSR count). The molecule has 0 unspecified atom stereocenters. The van der Waals surface area contributed by atoms with Crippen LogP contribution in [0, 0.1) is 0 Å². The highest BCUT2D eigenvalue weighted by atomic mass is 32.2. The lowest BCUT2D eigenvalue weighted by Gasteiger charge is -2.07. The van der Waals surface area contributed by atoms with Crippen molar-refractivity contribution in [3.63, 3.8) is 0 Å². The Morgan fingerprint density at radius 2 is 1.75 bits per heavy atom. The molecule has 0 bridgehead atoms. The van der Waals surface area contributed by atoms with Gasteiger partial charge in [0, 0.05) is 18.7 Å². The quantitative estimate of drug-likeness (QED) is 0.395. The minimum absolute atomic E-state index is 0.0796. The van der Waals surface area contributed by atoms with Crippen molar-refractivity contribution in [1.82, 2.24) is 10.0 Å². The Morgan fingerprint density at radius 3 is 2.25 bits per heavy atom. The molecule has 0 aliphatic carbocycles. The predicted molar refractivity (Wildman–Crippen MR) is 80.5 cm³/mol. The number of primary amides is 1. The summed E-state index contributed by atoms with van der Waals surface area (Å²) in [6, 6.07) is 5.94. The van der Waals surface area contributed by atoms with Crippen LogP contribution in [0.25, 0.3) is 0 Å². The molecule has 0 saturated carbocycles. The molecule has 0 radical (unpaired) electrons. The van der Waals surface area contributed by atoms with Crippen molar-refractivity contribution < 1.29 is 13.2 Å². The minimum Gasteiger partial charge on any atom is -0.389 e. The first-order chi connectivity index (χ1) is 9.30. The molecule has 1 aromatic carbocycles. The summed E-state index contributed by atoms with van der Waals surface area (Å²) in [6.45, 7) is 0.213. The number of carbonyl (C=O) groups excluding carboxylic acids is 1. The third-order valence-corrected chi connectivity index (χ3v) is 3.93. The number of carbonyl (C=O) groups is 1. The molecule has 0 heterocycles. The molecule has 0 aliphatic rings. The summed E-state index contributed by atoms with van der Waals surface area (Å²) in [5.74, 6) is -0.165. The highest BCUT2D eigenvalue weighted by Gasteiger charge is 2.11. The van der Waals surface area contributed by atoms with Crippen molar-refractivity contribution in [1.29, 1.82) is 0 Å². The van der Waals surface area contributed by atoms with Gasteiger partial charge in [-0.2, -0.15) is 0 Å². The Balaban J connectivity index is 2.53. The molecule has 9 heteroatoms. The maximum Gasteiger partial charge on any atom is 0.312 e. The smallest absolute Gasteiger partial charge is 0.312 e. The van der Waals surface area contributed by atoms with Crippen molar-refractivity contribution >= 4 is 33.3 Å². The molecular formula is C11H16N4O3S2. The monoisotopic (exact) mass is 316 g/mol. The molecule has 0 spiro atoms. The molecular weight excluding hydrogens is 300 g/mol. The van der Waals surface area contributed by atoms with Crippen LogP contribution in [0.1, 0.15) is 11.1 Å². The van der Waals surface area contributed by atoms with Gasteiger partial charge in [-0.25, -0.2) is 17.9 Å². The van der Waals surface area contributed by atoms with Gasteiger partial charge in [0.1, 0.15) is 4.99 Å². The lowest BCUT2D eigenvalue weighted by atomic mass is 10.1. The number of hydrogen-bond donors (Lipinski definition) is 4. The van der Waals surface area contributed by atoms with Crippen LogP contribution in [0.2, 0.25) is 0 Å². The van der Waals surface area contributed by atoms with E-state index < -0.39 is 16.1 Å². The van der Waals surface area contributed by atoms with Crippen LogP contribution in [-0.4, -0.2) is 32.5 Å². The Morgan fingerprint density at radius 1 is 1.15 bits per heavy atom. The van der Waals surface area contributed by atoms with Crippen LogP contribution in [0.15, 0.2) is 24.3 Å². The summed E-state index contributed by atoms with van der Waals surface area (Å²) in [6.07, 6.45) is 0. The van der Waals surface area contributed by atoms with Gasteiger partial charge in [0.25, 0.3) is 0 Å². The zero-order chi connectivity index (χ0) is 15.2. The van der Waals surface area contributed by atoms with Gasteiger partial charge >= 0.3 is 6.03 Å². The van der Waals surface area contributed by atoms with Gasteiger partial charge in [-0.3, -0.25) is 0 Å². The van der Waals surface area contributed by atoms with Gasteiger partial charge in [0.15, 0.2) is 0 Å². The van der Waals surface area contributed by atoms with Gasteiger partial charge in [0.2, 0.25) is 10.0 Å². The zero-order valence-electron chi connectivity index (χ0n) is 10.6. The summed E-state index contributed by atoms with van der Waals surface area (Å²) in [7, 11) is -3.47. The fraction of sp³-hybridized carbons (Fsp3) is 0.273. The molecule has 2 amide bonds. The fourth-order valence-electron chi connectivity index (χ4n) is 1.43. The number of benzene rings is 1. The first kappa shape index (κ1) is 16.3. The van der Waals surface area contributed by atoms with Crippen molar-refractivity contribution in [3.05, 3.63) is 35.4 Å². The normalized spacial score (nSPS) is 11.0. The Bertz CT molecular complexity index is 584. The lowest BCUT2D eigenvalue weighted by molar-refractivity contribution is 0.249. The molecule has 0 fully saturated rings. The third-order valence-electron chi connectivity index (χ3n) is 2.34. The van der Waals surface area contributed by atoms with Crippen LogP contribution in [0.4, 0.5) is 4.79 Å². The summed E-state index contributed by atoms with van der Waals surface area (Å²) >= 11 is 4.81. The topological polar surface area (TPSA) is 127 Å². The van der Waals surface area contributed by atoms with Gasteiger partial charge in [-0.05, 0) is 5.56 Å². The standard InChI is InChI=1S/C11H16N4O3S2/c12-10(19)9-3-1-8(2-4-9)7-20(17,18)15-6-5-14-11(13)16/h1-4,15H,5-7H2,(H2,12,19)(H3,13,14,16). The van der Waals surface area contributed by atoms with Crippen LogP contribution in [0.3, 0.4) is 0 Å². The van der Waals surface area contributed by atoms with E-state index in [0.717, 1.165) is 0 Å². The van der Waals surface area contributed by atoms with Crippen molar-refractivity contribution in [2.24, 2.45) is 11.5 Å². The van der Waals surface area contributed by atoms with Crippen molar-refractivity contribution in [2.45, 2.75) is 5.75 Å². The first-order valence-electron chi connectivity index (χ1n) is 5.69. The number of urea groups is 1. The van der Waals surface area contributed by atoms with Crippen LogP contribution in [-0.2, 0) is 15.8 Å². The molecule has 20 heavy (non-hydrogen) atoms. The maximum absolute atomic E-state index is 11.8. The average molecular weight is 316 g/mol. The van der Waals surface area contributed by atoms with E-state index in [1.54, 1.807) is 24.3 Å². The Hall–Kier alpha value is -1.71. The summed E-state index contributed by atoms with van der Waals surface area (Å²) in [5.41, 5.74) is 11.6. The molecule has 0 aliphatic heterocycles.